The number of aliphatic carboxylic acids is 1. The van der Waals surface area contributed by atoms with Gasteiger partial charge < -0.3 is 55.4 Å². The van der Waals surface area contributed by atoms with Gasteiger partial charge in [0.25, 0.3) is 5.60 Å². The summed E-state index contributed by atoms with van der Waals surface area (Å²) < 4.78 is 9.54. The second-order valence-corrected chi connectivity index (χ2v) is 5.92. The summed E-state index contributed by atoms with van der Waals surface area (Å²) in [5.74, 6) is -5.56. The van der Waals surface area contributed by atoms with E-state index in [4.69, 9.17) is 4.74 Å². The minimum atomic E-state index is -3.39. The molecule has 2 saturated heterocycles. The molecule has 0 saturated carbocycles. The molecule has 2 rings (SSSR count). The maximum Gasteiger partial charge on any atom is 0.344 e. The van der Waals surface area contributed by atoms with Gasteiger partial charge in [-0.15, -0.1) is 0 Å². The van der Waals surface area contributed by atoms with E-state index >= 15 is 0 Å². The number of hydrogen-bond acceptors (Lipinski definition) is 11. The van der Waals surface area contributed by atoms with Crippen LogP contribution in [0.15, 0.2) is 0 Å². The number of aliphatic hydroxyl groups excluding tert-OH is 7. The van der Waals surface area contributed by atoms with Crippen molar-refractivity contribution in [3.05, 3.63) is 0 Å². The minimum absolute atomic E-state index is 1.12. The van der Waals surface area contributed by atoms with Crippen molar-refractivity contribution in [1.82, 2.24) is 0 Å². The number of carboxylic acids is 1. The first-order chi connectivity index (χ1) is 10.9. The zero-order valence-electron chi connectivity index (χ0n) is 12.4. The van der Waals surface area contributed by atoms with Gasteiger partial charge in [-0.25, -0.2) is 4.79 Å². The molecule has 0 aromatic rings. The average Bonchev–Trinajstić information content (AvgIpc) is 2.52. The third-order valence-corrected chi connectivity index (χ3v) is 4.46. The van der Waals surface area contributed by atoms with E-state index in [2.05, 4.69) is 4.74 Å². The SMILES string of the molecule is C[C@@H]1O[C@@](O)([C@]2(C(=O)O)O[C@H](O)[C@H](O)[C@@H](O)[C@H]2O)[C@H](O)[C@H](O)[C@H]1O. The smallest absolute Gasteiger partial charge is 0.344 e. The van der Waals surface area contributed by atoms with E-state index in [1.54, 1.807) is 0 Å². The standard InChI is InChI=1S/C12H20O12/c1-2-3(13)4(14)8(18)12(22,23-2)11(10(20)21)7(17)5(15)6(16)9(19)24-11/h2-9,13-19,22H,1H3,(H,20,21)/t2-,3-,4+,5+,6+,7+,8+,9-,11-,12+/m0/s1. The van der Waals surface area contributed by atoms with Gasteiger partial charge in [-0.2, -0.15) is 0 Å². The van der Waals surface area contributed by atoms with Crippen molar-refractivity contribution in [2.45, 2.75) is 67.3 Å². The van der Waals surface area contributed by atoms with E-state index in [-0.39, 0.29) is 0 Å². The Balaban J connectivity index is 2.59. The Morgan fingerprint density at radius 2 is 1.33 bits per heavy atom. The fraction of sp³-hybridized carbons (Fsp3) is 0.917. The quantitative estimate of drug-likeness (QED) is 0.226. The molecule has 0 aromatic heterocycles. The highest BCUT2D eigenvalue weighted by Gasteiger charge is 2.75. The third-order valence-electron chi connectivity index (χ3n) is 4.46. The van der Waals surface area contributed by atoms with Gasteiger partial charge in [0, 0.05) is 0 Å². The van der Waals surface area contributed by atoms with Crippen molar-refractivity contribution in [2.24, 2.45) is 0 Å². The van der Waals surface area contributed by atoms with Crippen molar-refractivity contribution >= 4 is 5.97 Å². The Kier molecular flexibility index (Phi) is 4.93. The minimum Gasteiger partial charge on any atom is -0.479 e. The van der Waals surface area contributed by atoms with Crippen molar-refractivity contribution in [1.29, 1.82) is 0 Å². The van der Waals surface area contributed by atoms with Gasteiger partial charge in [-0.3, -0.25) is 0 Å². The summed E-state index contributed by atoms with van der Waals surface area (Å²) in [5.41, 5.74) is -3.39. The molecule has 2 heterocycles. The van der Waals surface area contributed by atoms with Crippen LogP contribution in [0.5, 0.6) is 0 Å². The maximum absolute atomic E-state index is 11.7. The molecule has 0 aliphatic carbocycles. The Hall–Kier alpha value is -0.930. The van der Waals surface area contributed by atoms with Gasteiger partial charge in [0.2, 0.25) is 5.79 Å². The zero-order chi connectivity index (χ0) is 18.6. The van der Waals surface area contributed by atoms with Crippen LogP contribution in [0.4, 0.5) is 0 Å². The highest BCUT2D eigenvalue weighted by atomic mass is 16.7. The molecule has 0 unspecified atom stereocenters. The predicted molar refractivity (Wildman–Crippen MR) is 69.0 cm³/mol. The lowest BCUT2D eigenvalue weighted by atomic mass is 9.74. The molecule has 140 valence electrons. The van der Waals surface area contributed by atoms with Gasteiger partial charge in [0.05, 0.1) is 6.10 Å². The summed E-state index contributed by atoms with van der Waals surface area (Å²) in [6, 6.07) is 0. The lowest BCUT2D eigenvalue weighted by Crippen LogP contribution is -2.82. The van der Waals surface area contributed by atoms with Crippen molar-refractivity contribution < 1.29 is 60.2 Å². The van der Waals surface area contributed by atoms with Gasteiger partial charge >= 0.3 is 5.97 Å². The second-order valence-electron chi connectivity index (χ2n) is 5.92. The summed E-state index contributed by atoms with van der Waals surface area (Å²) >= 11 is 0. The van der Waals surface area contributed by atoms with Gasteiger partial charge in [0.15, 0.2) is 6.29 Å². The number of aliphatic hydroxyl groups is 8. The first-order valence-corrected chi connectivity index (χ1v) is 6.99. The van der Waals surface area contributed by atoms with Gasteiger partial charge in [0.1, 0.15) is 36.6 Å². The Labute approximate surface area is 134 Å². The van der Waals surface area contributed by atoms with E-state index in [1.807, 2.05) is 0 Å². The van der Waals surface area contributed by atoms with E-state index < -0.39 is 66.4 Å². The highest BCUT2D eigenvalue weighted by molar-refractivity contribution is 5.80. The number of carbonyl (C=O) groups is 1. The monoisotopic (exact) mass is 356 g/mol. The molecule has 0 bridgehead atoms. The highest BCUT2D eigenvalue weighted by Crippen LogP contribution is 2.44. The number of hydrogen-bond donors (Lipinski definition) is 9. The molecular weight excluding hydrogens is 336 g/mol. The Morgan fingerprint density at radius 1 is 0.833 bits per heavy atom. The predicted octanol–water partition coefficient (Wildman–Crippen LogP) is -5.57. The lowest BCUT2D eigenvalue weighted by molar-refractivity contribution is -0.440. The lowest BCUT2D eigenvalue weighted by Gasteiger charge is -2.56. The van der Waals surface area contributed by atoms with Gasteiger partial charge in [-0.05, 0) is 6.92 Å². The molecule has 0 aromatic carbocycles. The van der Waals surface area contributed by atoms with Crippen LogP contribution in [0.3, 0.4) is 0 Å². The van der Waals surface area contributed by atoms with Crippen LogP contribution < -0.4 is 0 Å². The maximum atomic E-state index is 11.7. The molecule has 0 radical (unpaired) electrons. The van der Waals surface area contributed by atoms with Crippen molar-refractivity contribution in [3.63, 3.8) is 0 Å². The Morgan fingerprint density at radius 3 is 1.83 bits per heavy atom. The van der Waals surface area contributed by atoms with Crippen LogP contribution >= 0.6 is 0 Å². The molecule has 2 aliphatic rings. The molecule has 10 atom stereocenters. The topological polar surface area (TPSA) is 218 Å². The van der Waals surface area contributed by atoms with Crippen molar-refractivity contribution in [2.75, 3.05) is 0 Å². The third kappa shape index (κ3) is 2.35. The molecule has 9 N–H and O–H groups in total. The summed E-state index contributed by atoms with van der Waals surface area (Å²) in [6.07, 6.45) is -17.1. The molecule has 2 fully saturated rings. The Bertz CT molecular complexity index is 500. The average molecular weight is 356 g/mol. The fourth-order valence-electron chi connectivity index (χ4n) is 2.98. The van der Waals surface area contributed by atoms with E-state index in [0.717, 1.165) is 6.92 Å². The van der Waals surface area contributed by atoms with Crippen LogP contribution in [0.2, 0.25) is 0 Å². The summed E-state index contributed by atoms with van der Waals surface area (Å²) in [4.78, 5) is 11.7. The van der Waals surface area contributed by atoms with E-state index in [1.165, 1.54) is 0 Å². The first kappa shape index (κ1) is 19.4. The number of ether oxygens (including phenoxy) is 2. The second kappa shape index (κ2) is 6.10. The van der Waals surface area contributed by atoms with Crippen LogP contribution in [0.1, 0.15) is 6.92 Å². The molecule has 24 heavy (non-hydrogen) atoms. The molecule has 12 nitrogen and oxygen atoms in total. The molecule has 0 spiro atoms. The van der Waals surface area contributed by atoms with Crippen molar-refractivity contribution in [3.8, 4) is 0 Å². The largest absolute Gasteiger partial charge is 0.479 e. The number of rotatable bonds is 2. The van der Waals surface area contributed by atoms with E-state index in [0.29, 0.717) is 0 Å². The first-order valence-electron chi connectivity index (χ1n) is 6.99. The molecule has 2 aliphatic heterocycles. The summed E-state index contributed by atoms with van der Waals surface area (Å²) in [6.45, 7) is 1.12. The van der Waals surface area contributed by atoms with Crippen LogP contribution in [0, 0.1) is 0 Å². The van der Waals surface area contributed by atoms with E-state index in [9.17, 15) is 50.8 Å². The van der Waals surface area contributed by atoms with Gasteiger partial charge in [-0.1, -0.05) is 0 Å². The molecular formula is C12H20O12. The van der Waals surface area contributed by atoms with Crippen LogP contribution in [0.25, 0.3) is 0 Å². The normalized spacial score (nSPS) is 56.0. The van der Waals surface area contributed by atoms with Crippen LogP contribution in [-0.2, 0) is 14.3 Å². The summed E-state index contributed by atoms with van der Waals surface area (Å²) in [5, 5.41) is 88.5. The molecule has 0 amide bonds. The fourth-order valence-corrected chi connectivity index (χ4v) is 2.98. The summed E-state index contributed by atoms with van der Waals surface area (Å²) in [7, 11) is 0. The van der Waals surface area contributed by atoms with Crippen LogP contribution in [-0.4, -0.2) is 112 Å². The number of carboxylic acid groups (broad SMARTS) is 1. The zero-order valence-corrected chi connectivity index (χ0v) is 12.4. The molecule has 12 heteroatoms.